The molecule has 10 heteroatoms. The molecule has 1 aliphatic carbocycles. The van der Waals surface area contributed by atoms with Gasteiger partial charge in [-0.05, 0) is 68.1 Å². The Bertz CT molecular complexity index is 1200. The van der Waals surface area contributed by atoms with E-state index in [4.69, 9.17) is 9.47 Å². The van der Waals surface area contributed by atoms with Crippen molar-refractivity contribution in [2.24, 2.45) is 0 Å². The Morgan fingerprint density at radius 3 is 2.31 bits per heavy atom. The number of ether oxygens (including phenoxy) is 2. The zero-order valence-corrected chi connectivity index (χ0v) is 24.2. The Morgan fingerprint density at radius 2 is 1.72 bits per heavy atom. The minimum absolute atomic E-state index is 0.0884. The number of hydrogen-bond acceptors (Lipinski definition) is 6. The van der Waals surface area contributed by atoms with Crippen LogP contribution in [0.4, 0.5) is 5.69 Å². The lowest BCUT2D eigenvalue weighted by molar-refractivity contribution is -0.140. The number of methoxy groups -OCH3 is 1. The summed E-state index contributed by atoms with van der Waals surface area (Å²) in [5, 5.41) is 3.14. The van der Waals surface area contributed by atoms with Gasteiger partial charge in [0.15, 0.2) is 0 Å². The molecule has 214 valence electrons. The Kier molecular flexibility index (Phi) is 11.0. The summed E-state index contributed by atoms with van der Waals surface area (Å²) < 4.78 is 37.5. The number of anilines is 1. The first-order chi connectivity index (χ1) is 18.7. The molecule has 1 aliphatic rings. The van der Waals surface area contributed by atoms with Gasteiger partial charge >= 0.3 is 0 Å². The molecule has 2 amide bonds. The van der Waals surface area contributed by atoms with Crippen LogP contribution >= 0.6 is 0 Å². The van der Waals surface area contributed by atoms with Gasteiger partial charge in [0.25, 0.3) is 0 Å². The van der Waals surface area contributed by atoms with Crippen LogP contribution in [0.1, 0.15) is 57.9 Å². The fraction of sp³-hybridized carbons (Fsp3) is 0.517. The van der Waals surface area contributed by atoms with E-state index in [9.17, 15) is 18.0 Å². The SMILES string of the molecule is CCOc1ccc(N(CC(=O)N(Cc2cccc(OC)c2)[C@H](CC)C(=O)NC2CCCCC2)S(C)(=O)=O)cc1. The van der Waals surface area contributed by atoms with Crippen molar-refractivity contribution in [2.75, 3.05) is 30.8 Å². The number of hydrogen-bond donors (Lipinski definition) is 1. The highest BCUT2D eigenvalue weighted by Crippen LogP contribution is 2.24. The van der Waals surface area contributed by atoms with Crippen LogP contribution in [-0.2, 0) is 26.2 Å². The molecule has 3 rings (SSSR count). The van der Waals surface area contributed by atoms with E-state index in [0.717, 1.165) is 48.2 Å². The second kappa shape index (κ2) is 14.2. The second-order valence-electron chi connectivity index (χ2n) is 9.84. The maximum absolute atomic E-state index is 13.9. The van der Waals surface area contributed by atoms with Crippen molar-refractivity contribution < 1.29 is 27.5 Å². The largest absolute Gasteiger partial charge is 0.497 e. The Balaban J connectivity index is 1.91. The van der Waals surface area contributed by atoms with Crippen LogP contribution in [0.15, 0.2) is 48.5 Å². The van der Waals surface area contributed by atoms with E-state index in [1.807, 2.05) is 32.0 Å². The van der Waals surface area contributed by atoms with Crippen molar-refractivity contribution >= 4 is 27.5 Å². The van der Waals surface area contributed by atoms with Gasteiger partial charge in [-0.2, -0.15) is 0 Å². The number of rotatable bonds is 13. The van der Waals surface area contributed by atoms with Crippen molar-refractivity contribution in [2.45, 2.75) is 71.0 Å². The van der Waals surface area contributed by atoms with E-state index in [0.29, 0.717) is 30.2 Å². The molecule has 0 bridgehead atoms. The van der Waals surface area contributed by atoms with E-state index in [1.165, 1.54) is 4.90 Å². The van der Waals surface area contributed by atoms with E-state index < -0.39 is 28.5 Å². The van der Waals surface area contributed by atoms with E-state index in [-0.39, 0.29) is 18.5 Å². The maximum atomic E-state index is 13.9. The third-order valence-corrected chi connectivity index (χ3v) is 8.08. The number of carbonyl (C=O) groups excluding carboxylic acids is 2. The van der Waals surface area contributed by atoms with Crippen molar-refractivity contribution in [1.82, 2.24) is 10.2 Å². The van der Waals surface area contributed by atoms with Crippen LogP contribution in [0.5, 0.6) is 11.5 Å². The van der Waals surface area contributed by atoms with Crippen LogP contribution < -0.4 is 19.1 Å². The van der Waals surface area contributed by atoms with Gasteiger partial charge in [-0.1, -0.05) is 38.3 Å². The minimum Gasteiger partial charge on any atom is -0.497 e. The van der Waals surface area contributed by atoms with Gasteiger partial charge in [-0.15, -0.1) is 0 Å². The standard InChI is InChI=1S/C29H41N3O6S/c1-5-27(29(34)30-23-12-8-7-9-13-23)31(20-22-11-10-14-26(19-22)37-3)28(33)21-32(39(4,35)36)24-15-17-25(18-16-24)38-6-2/h10-11,14-19,23,27H,5-9,12-13,20-21H2,1-4H3,(H,30,34)/t27-/m1/s1. The van der Waals surface area contributed by atoms with Crippen LogP contribution in [0, 0.1) is 0 Å². The van der Waals surface area contributed by atoms with Crippen LogP contribution in [0.3, 0.4) is 0 Å². The average Bonchev–Trinajstić information content (AvgIpc) is 2.92. The molecular formula is C29H41N3O6S. The lowest BCUT2D eigenvalue weighted by atomic mass is 9.95. The van der Waals surface area contributed by atoms with Gasteiger partial charge < -0.3 is 19.7 Å². The highest BCUT2D eigenvalue weighted by Gasteiger charge is 2.33. The van der Waals surface area contributed by atoms with Gasteiger partial charge in [-0.25, -0.2) is 8.42 Å². The number of amides is 2. The predicted octanol–water partition coefficient (Wildman–Crippen LogP) is 4.12. The third-order valence-electron chi connectivity index (χ3n) is 6.94. The van der Waals surface area contributed by atoms with Gasteiger partial charge in [0.1, 0.15) is 24.1 Å². The number of nitrogens with zero attached hydrogens (tertiary/aromatic N) is 2. The Hall–Kier alpha value is -3.27. The van der Waals surface area contributed by atoms with E-state index in [1.54, 1.807) is 37.4 Å². The molecule has 1 atom stereocenters. The van der Waals surface area contributed by atoms with Gasteiger partial charge in [0.05, 0.1) is 25.7 Å². The lowest BCUT2D eigenvalue weighted by Crippen LogP contribution is -2.53. The molecule has 0 radical (unpaired) electrons. The quantitative estimate of drug-likeness (QED) is 0.396. The maximum Gasteiger partial charge on any atom is 0.244 e. The van der Waals surface area contributed by atoms with Gasteiger partial charge in [-0.3, -0.25) is 13.9 Å². The topological polar surface area (TPSA) is 105 Å². The van der Waals surface area contributed by atoms with Crippen LogP contribution in [-0.4, -0.2) is 63.7 Å². The summed E-state index contributed by atoms with van der Waals surface area (Å²) in [6.45, 7) is 3.89. The minimum atomic E-state index is -3.81. The molecule has 9 nitrogen and oxygen atoms in total. The number of carbonyl (C=O) groups is 2. The number of benzene rings is 2. The molecule has 0 spiro atoms. The summed E-state index contributed by atoms with van der Waals surface area (Å²) in [4.78, 5) is 28.8. The van der Waals surface area contributed by atoms with Gasteiger partial charge in [0, 0.05) is 12.6 Å². The normalized spacial score (nSPS) is 14.8. The monoisotopic (exact) mass is 559 g/mol. The molecule has 2 aromatic rings. The smallest absolute Gasteiger partial charge is 0.244 e. The van der Waals surface area contributed by atoms with Crippen LogP contribution in [0.25, 0.3) is 0 Å². The zero-order valence-electron chi connectivity index (χ0n) is 23.4. The van der Waals surface area contributed by atoms with Crippen molar-refractivity contribution in [3.8, 4) is 11.5 Å². The first-order valence-electron chi connectivity index (χ1n) is 13.6. The van der Waals surface area contributed by atoms with Crippen molar-refractivity contribution in [1.29, 1.82) is 0 Å². The van der Waals surface area contributed by atoms with E-state index in [2.05, 4.69) is 5.32 Å². The van der Waals surface area contributed by atoms with E-state index >= 15 is 0 Å². The molecule has 2 aromatic carbocycles. The summed E-state index contributed by atoms with van der Waals surface area (Å²) in [5.41, 5.74) is 1.12. The summed E-state index contributed by atoms with van der Waals surface area (Å²) in [5.74, 6) is 0.549. The third kappa shape index (κ3) is 8.61. The molecular weight excluding hydrogens is 518 g/mol. The van der Waals surface area contributed by atoms with Crippen molar-refractivity contribution in [3.05, 3.63) is 54.1 Å². The zero-order chi connectivity index (χ0) is 28.4. The Labute approximate surface area is 232 Å². The lowest BCUT2D eigenvalue weighted by Gasteiger charge is -2.34. The fourth-order valence-electron chi connectivity index (χ4n) is 4.92. The first-order valence-corrected chi connectivity index (χ1v) is 15.4. The highest BCUT2D eigenvalue weighted by atomic mass is 32.2. The second-order valence-corrected chi connectivity index (χ2v) is 11.7. The molecule has 0 aromatic heterocycles. The summed E-state index contributed by atoms with van der Waals surface area (Å²) >= 11 is 0. The number of sulfonamides is 1. The molecule has 0 aliphatic heterocycles. The summed E-state index contributed by atoms with van der Waals surface area (Å²) in [6.07, 6.45) is 6.60. The summed E-state index contributed by atoms with van der Waals surface area (Å²) in [7, 11) is -2.24. The molecule has 0 saturated heterocycles. The van der Waals surface area contributed by atoms with Crippen LogP contribution in [0.2, 0.25) is 0 Å². The molecule has 0 unspecified atom stereocenters. The highest BCUT2D eigenvalue weighted by molar-refractivity contribution is 7.92. The van der Waals surface area contributed by atoms with Crippen molar-refractivity contribution in [3.63, 3.8) is 0 Å². The first kappa shape index (κ1) is 30.3. The molecule has 39 heavy (non-hydrogen) atoms. The molecule has 0 heterocycles. The molecule has 1 N–H and O–H groups in total. The molecule has 1 fully saturated rings. The molecule has 1 saturated carbocycles. The predicted molar refractivity (Wildman–Crippen MR) is 152 cm³/mol. The average molecular weight is 560 g/mol. The number of nitrogens with one attached hydrogen (secondary N) is 1. The fourth-order valence-corrected chi connectivity index (χ4v) is 5.77. The summed E-state index contributed by atoms with van der Waals surface area (Å²) in [6, 6.07) is 13.2. The van der Waals surface area contributed by atoms with Gasteiger partial charge in [0.2, 0.25) is 21.8 Å². The Morgan fingerprint density at radius 1 is 1.03 bits per heavy atom.